The van der Waals surface area contributed by atoms with E-state index in [-0.39, 0.29) is 17.7 Å². The van der Waals surface area contributed by atoms with Gasteiger partial charge in [-0.2, -0.15) is 4.98 Å². The number of hydrogen-bond acceptors (Lipinski definition) is 5. The van der Waals surface area contributed by atoms with Crippen LogP contribution in [0.3, 0.4) is 0 Å². The zero-order chi connectivity index (χ0) is 18.8. The molecule has 7 nitrogen and oxygen atoms in total. The number of nitrogens with one attached hydrogen (secondary N) is 1. The number of fused-ring (bicyclic) bond motifs is 1. The van der Waals surface area contributed by atoms with Gasteiger partial charge in [-0.15, -0.1) is 0 Å². The fourth-order valence-corrected chi connectivity index (χ4v) is 3.45. The summed E-state index contributed by atoms with van der Waals surface area (Å²) in [6.45, 7) is 1.00. The van der Waals surface area contributed by atoms with E-state index in [0.717, 1.165) is 17.0 Å². The van der Waals surface area contributed by atoms with Gasteiger partial charge in [-0.3, -0.25) is 4.79 Å². The monoisotopic (exact) mass is 364 g/mol. The van der Waals surface area contributed by atoms with Gasteiger partial charge in [0.25, 0.3) is 5.91 Å². The van der Waals surface area contributed by atoms with Crippen LogP contribution >= 0.6 is 0 Å². The molecule has 7 heteroatoms. The standard InChI is InChI=1S/C20H20N4O3/c1-26-17-9-8-14(19(23-17)27-2)20(25)24-10-15(13-6-4-3-5-7-13)18-16(11-24)21-12-22-18/h3-9,12,15H,10-11H2,1-2H3,(H,21,22). The zero-order valence-corrected chi connectivity index (χ0v) is 15.2. The summed E-state index contributed by atoms with van der Waals surface area (Å²) in [6, 6.07) is 13.5. The third-order valence-electron chi connectivity index (χ3n) is 4.79. The molecular formula is C20H20N4O3. The van der Waals surface area contributed by atoms with Crippen molar-refractivity contribution in [3.63, 3.8) is 0 Å². The van der Waals surface area contributed by atoms with Crippen molar-refractivity contribution >= 4 is 5.91 Å². The van der Waals surface area contributed by atoms with E-state index in [4.69, 9.17) is 9.47 Å². The van der Waals surface area contributed by atoms with E-state index in [1.807, 2.05) is 18.2 Å². The zero-order valence-electron chi connectivity index (χ0n) is 15.2. The lowest BCUT2D eigenvalue weighted by Crippen LogP contribution is -2.39. The minimum Gasteiger partial charge on any atom is -0.481 e. The maximum atomic E-state index is 13.2. The van der Waals surface area contributed by atoms with E-state index in [9.17, 15) is 4.79 Å². The average Bonchev–Trinajstić information content (AvgIpc) is 3.21. The molecule has 0 saturated heterocycles. The molecule has 0 spiro atoms. The second kappa shape index (κ2) is 7.11. The number of pyridine rings is 1. The number of ether oxygens (including phenoxy) is 2. The number of rotatable bonds is 4. The topological polar surface area (TPSA) is 80.3 Å². The molecule has 1 aromatic carbocycles. The van der Waals surface area contributed by atoms with Crippen molar-refractivity contribution in [2.24, 2.45) is 0 Å². The SMILES string of the molecule is COc1ccc(C(=O)N2Cc3[nH]cnc3C(c3ccccc3)C2)c(OC)n1. The summed E-state index contributed by atoms with van der Waals surface area (Å²) in [5.74, 6) is 0.539. The normalized spacial score (nSPS) is 15.9. The first-order valence-corrected chi connectivity index (χ1v) is 8.66. The molecule has 0 saturated carbocycles. The van der Waals surface area contributed by atoms with Crippen LogP contribution in [-0.4, -0.2) is 46.5 Å². The molecule has 138 valence electrons. The van der Waals surface area contributed by atoms with E-state index in [2.05, 4.69) is 27.1 Å². The number of nitrogens with zero attached hydrogens (tertiary/aromatic N) is 3. The molecule has 4 rings (SSSR count). The number of imidazole rings is 1. The van der Waals surface area contributed by atoms with Gasteiger partial charge in [-0.05, 0) is 11.6 Å². The second-order valence-electron chi connectivity index (χ2n) is 6.33. The lowest BCUT2D eigenvalue weighted by molar-refractivity contribution is 0.0717. The number of H-pyrrole nitrogens is 1. The van der Waals surface area contributed by atoms with Crippen molar-refractivity contribution in [1.29, 1.82) is 0 Å². The molecule has 1 aliphatic rings. The second-order valence-corrected chi connectivity index (χ2v) is 6.33. The Hall–Kier alpha value is -3.35. The van der Waals surface area contributed by atoms with Crippen LogP contribution in [0.4, 0.5) is 0 Å². The summed E-state index contributed by atoms with van der Waals surface area (Å²) in [6.07, 6.45) is 1.68. The summed E-state index contributed by atoms with van der Waals surface area (Å²) in [4.78, 5) is 26.9. The predicted octanol–water partition coefficient (Wildman–Crippen LogP) is 2.61. The maximum absolute atomic E-state index is 13.2. The third-order valence-corrected chi connectivity index (χ3v) is 4.79. The number of carbonyl (C=O) groups excluding carboxylic acids is 1. The Labute approximate surface area is 157 Å². The van der Waals surface area contributed by atoms with Crippen LogP contribution in [-0.2, 0) is 6.54 Å². The van der Waals surface area contributed by atoms with Gasteiger partial charge in [0.05, 0.1) is 38.5 Å². The largest absolute Gasteiger partial charge is 0.481 e. The Balaban J connectivity index is 1.68. The van der Waals surface area contributed by atoms with Gasteiger partial charge in [0.1, 0.15) is 5.56 Å². The van der Waals surface area contributed by atoms with Crippen molar-refractivity contribution in [1.82, 2.24) is 19.9 Å². The molecule has 2 aromatic heterocycles. The van der Waals surface area contributed by atoms with Gasteiger partial charge in [0.2, 0.25) is 11.8 Å². The van der Waals surface area contributed by atoms with Gasteiger partial charge >= 0.3 is 0 Å². The molecule has 3 aromatic rings. The van der Waals surface area contributed by atoms with E-state index < -0.39 is 0 Å². The first-order chi connectivity index (χ1) is 13.2. The summed E-state index contributed by atoms with van der Waals surface area (Å²) in [7, 11) is 3.02. The molecular weight excluding hydrogens is 344 g/mol. The number of hydrogen-bond donors (Lipinski definition) is 1. The summed E-state index contributed by atoms with van der Waals surface area (Å²) < 4.78 is 10.4. The van der Waals surface area contributed by atoms with E-state index in [1.165, 1.54) is 14.2 Å². The summed E-state index contributed by atoms with van der Waals surface area (Å²) in [5.41, 5.74) is 3.48. The average molecular weight is 364 g/mol. The van der Waals surface area contributed by atoms with Crippen molar-refractivity contribution in [2.75, 3.05) is 20.8 Å². The first-order valence-electron chi connectivity index (χ1n) is 8.66. The fourth-order valence-electron chi connectivity index (χ4n) is 3.45. The smallest absolute Gasteiger partial charge is 0.259 e. The third kappa shape index (κ3) is 3.12. The van der Waals surface area contributed by atoms with Gasteiger partial charge in [-0.1, -0.05) is 30.3 Å². The molecule has 1 amide bonds. The van der Waals surface area contributed by atoms with Gasteiger partial charge in [0, 0.05) is 18.5 Å². The Morgan fingerprint density at radius 1 is 1.15 bits per heavy atom. The van der Waals surface area contributed by atoms with Gasteiger partial charge in [0.15, 0.2) is 0 Å². The quantitative estimate of drug-likeness (QED) is 0.770. The predicted molar refractivity (Wildman–Crippen MR) is 99.0 cm³/mol. The molecule has 1 atom stereocenters. The van der Waals surface area contributed by atoms with Crippen molar-refractivity contribution in [3.05, 3.63) is 71.3 Å². The van der Waals surface area contributed by atoms with Crippen molar-refractivity contribution in [2.45, 2.75) is 12.5 Å². The summed E-state index contributed by atoms with van der Waals surface area (Å²) in [5, 5.41) is 0. The Morgan fingerprint density at radius 3 is 2.70 bits per heavy atom. The van der Waals surface area contributed by atoms with Crippen LogP contribution in [0.5, 0.6) is 11.8 Å². The van der Waals surface area contributed by atoms with Crippen LogP contribution in [0.2, 0.25) is 0 Å². The number of methoxy groups -OCH3 is 2. The molecule has 0 fully saturated rings. The van der Waals surface area contributed by atoms with Crippen LogP contribution in [0.15, 0.2) is 48.8 Å². The number of aromatic nitrogens is 3. The molecule has 3 heterocycles. The number of aromatic amines is 1. The van der Waals surface area contributed by atoms with Crippen molar-refractivity contribution < 1.29 is 14.3 Å². The molecule has 0 bridgehead atoms. The molecule has 1 aliphatic heterocycles. The Kier molecular flexibility index (Phi) is 4.50. The number of benzene rings is 1. The minimum absolute atomic E-state index is 0.0161. The lowest BCUT2D eigenvalue weighted by atomic mass is 9.90. The molecule has 0 radical (unpaired) electrons. The maximum Gasteiger partial charge on any atom is 0.259 e. The first kappa shape index (κ1) is 17.1. The van der Waals surface area contributed by atoms with Crippen LogP contribution in [0.25, 0.3) is 0 Å². The molecule has 0 aliphatic carbocycles. The molecule has 1 N–H and O–H groups in total. The lowest BCUT2D eigenvalue weighted by Gasteiger charge is -2.32. The fraction of sp³-hybridized carbons (Fsp3) is 0.250. The highest BCUT2D eigenvalue weighted by Crippen LogP contribution is 2.33. The highest BCUT2D eigenvalue weighted by atomic mass is 16.5. The molecule has 27 heavy (non-hydrogen) atoms. The highest BCUT2D eigenvalue weighted by molar-refractivity contribution is 5.96. The van der Waals surface area contributed by atoms with Gasteiger partial charge in [-0.25, -0.2) is 4.98 Å². The van der Waals surface area contributed by atoms with E-state index in [1.54, 1.807) is 23.4 Å². The van der Waals surface area contributed by atoms with E-state index >= 15 is 0 Å². The number of amides is 1. The molecule has 1 unspecified atom stereocenters. The van der Waals surface area contributed by atoms with Crippen molar-refractivity contribution in [3.8, 4) is 11.8 Å². The number of carbonyl (C=O) groups is 1. The Bertz CT molecular complexity index is 955. The summed E-state index contributed by atoms with van der Waals surface area (Å²) >= 11 is 0. The van der Waals surface area contributed by atoms with Gasteiger partial charge < -0.3 is 19.4 Å². The van der Waals surface area contributed by atoms with E-state index in [0.29, 0.717) is 24.5 Å². The minimum atomic E-state index is -0.136. The van der Waals surface area contributed by atoms with Crippen LogP contribution in [0.1, 0.15) is 33.2 Å². The van der Waals surface area contributed by atoms with Crippen LogP contribution < -0.4 is 9.47 Å². The highest BCUT2D eigenvalue weighted by Gasteiger charge is 2.32. The van der Waals surface area contributed by atoms with Crippen LogP contribution in [0, 0.1) is 0 Å². The Morgan fingerprint density at radius 2 is 1.96 bits per heavy atom.